The van der Waals surface area contributed by atoms with E-state index in [2.05, 4.69) is 11.8 Å². The van der Waals surface area contributed by atoms with E-state index >= 15 is 0 Å². The van der Waals surface area contributed by atoms with Crippen molar-refractivity contribution in [2.75, 3.05) is 13.1 Å². The van der Waals surface area contributed by atoms with E-state index in [-0.39, 0.29) is 0 Å². The summed E-state index contributed by atoms with van der Waals surface area (Å²) >= 11 is 0. The normalized spacial score (nSPS) is 21.6. The Kier molecular flexibility index (Phi) is 2.56. The molecule has 2 fully saturated rings. The van der Waals surface area contributed by atoms with Crippen LogP contribution in [-0.2, 0) is 0 Å². The molecule has 0 unspecified atom stereocenters. The molecular weight excluding hydrogens is 160 g/mol. The zero-order chi connectivity index (χ0) is 9.26. The summed E-state index contributed by atoms with van der Waals surface area (Å²) in [5.41, 5.74) is 0. The van der Waals surface area contributed by atoms with Gasteiger partial charge in [-0.15, -0.1) is 0 Å². The highest BCUT2D eigenvalue weighted by Gasteiger charge is 2.29. The molecule has 0 aliphatic heterocycles. The molecule has 1 N–H and O–H groups in total. The minimum Gasteiger partial charge on any atom is -0.360 e. The van der Waals surface area contributed by atoms with Crippen LogP contribution in [0.25, 0.3) is 0 Å². The number of hydrogen-bond acceptors (Lipinski definition) is 1. The molecule has 0 amide bonds. The topological polar surface area (TPSA) is 27.1 Å². The fourth-order valence-corrected chi connectivity index (χ4v) is 1.74. The lowest BCUT2D eigenvalue weighted by Gasteiger charge is -2.24. The van der Waals surface area contributed by atoms with Gasteiger partial charge in [-0.2, -0.15) is 0 Å². The maximum absolute atomic E-state index is 7.86. The lowest BCUT2D eigenvalue weighted by Crippen LogP contribution is -2.33. The van der Waals surface area contributed by atoms with Crippen molar-refractivity contribution in [2.24, 2.45) is 11.8 Å². The van der Waals surface area contributed by atoms with E-state index in [1.165, 1.54) is 38.8 Å². The third kappa shape index (κ3) is 2.71. The first-order valence-electron chi connectivity index (χ1n) is 5.62. The number of hydrogen-bond donors (Lipinski definition) is 1. The fraction of sp³-hybridized carbons (Fsp3) is 0.909. The smallest absolute Gasteiger partial charge is 0.0955 e. The molecule has 0 bridgehead atoms. The lowest BCUT2D eigenvalue weighted by molar-refractivity contribution is 0.374. The summed E-state index contributed by atoms with van der Waals surface area (Å²) in [5.74, 6) is 2.70. The highest BCUT2D eigenvalue weighted by molar-refractivity contribution is 5.78. The monoisotopic (exact) mass is 180 g/mol. The molecule has 0 heterocycles. The van der Waals surface area contributed by atoms with E-state index in [1.54, 1.807) is 0 Å². The molecule has 0 spiro atoms. The molecule has 0 aromatic carbocycles. The molecule has 2 rings (SSSR count). The van der Waals surface area contributed by atoms with Gasteiger partial charge in [-0.3, -0.25) is 5.41 Å². The lowest BCUT2D eigenvalue weighted by atomic mass is 10.2. The summed E-state index contributed by atoms with van der Waals surface area (Å²) < 4.78 is 0. The molecule has 74 valence electrons. The van der Waals surface area contributed by atoms with Crippen LogP contribution >= 0.6 is 0 Å². The number of rotatable bonds is 5. The van der Waals surface area contributed by atoms with Crippen molar-refractivity contribution in [3.8, 4) is 0 Å². The fourth-order valence-electron chi connectivity index (χ4n) is 1.74. The highest BCUT2D eigenvalue weighted by Crippen LogP contribution is 2.33. The van der Waals surface area contributed by atoms with E-state index < -0.39 is 0 Å². The average Bonchev–Trinajstić information content (AvgIpc) is 2.94. The minimum atomic E-state index is 0.860. The molecular formula is C11H20N2. The SMILES string of the molecule is CCC(=N)N(CC1CC1)CC1CC1. The molecule has 2 heteroatoms. The molecule has 2 nitrogen and oxygen atoms in total. The van der Waals surface area contributed by atoms with Crippen LogP contribution in [0.2, 0.25) is 0 Å². The van der Waals surface area contributed by atoms with E-state index in [0.29, 0.717) is 0 Å². The number of nitrogens with one attached hydrogen (secondary N) is 1. The predicted octanol–water partition coefficient (Wildman–Crippen LogP) is 2.50. The van der Waals surface area contributed by atoms with E-state index in [9.17, 15) is 0 Å². The van der Waals surface area contributed by atoms with Gasteiger partial charge >= 0.3 is 0 Å². The van der Waals surface area contributed by atoms with Crippen molar-refractivity contribution >= 4 is 5.84 Å². The third-order valence-corrected chi connectivity index (χ3v) is 3.07. The number of nitrogens with zero attached hydrogens (tertiary/aromatic N) is 1. The van der Waals surface area contributed by atoms with Crippen LogP contribution in [0.5, 0.6) is 0 Å². The molecule has 2 aliphatic carbocycles. The largest absolute Gasteiger partial charge is 0.360 e. The summed E-state index contributed by atoms with van der Waals surface area (Å²) in [6, 6.07) is 0. The Labute approximate surface area is 80.8 Å². The molecule has 0 aromatic rings. The van der Waals surface area contributed by atoms with Crippen molar-refractivity contribution in [1.29, 1.82) is 5.41 Å². The van der Waals surface area contributed by atoms with Gasteiger partial charge < -0.3 is 4.90 Å². The molecule has 0 atom stereocenters. The van der Waals surface area contributed by atoms with Gasteiger partial charge in [0.1, 0.15) is 0 Å². The van der Waals surface area contributed by atoms with Crippen LogP contribution in [0.3, 0.4) is 0 Å². The van der Waals surface area contributed by atoms with Gasteiger partial charge in [-0.1, -0.05) is 6.92 Å². The minimum absolute atomic E-state index is 0.860. The zero-order valence-electron chi connectivity index (χ0n) is 8.55. The van der Waals surface area contributed by atoms with Crippen LogP contribution in [0, 0.1) is 17.2 Å². The standard InChI is InChI=1S/C11H20N2/c1-2-11(12)13(7-9-3-4-9)8-10-5-6-10/h9-10,12H,2-8H2,1H3. The third-order valence-electron chi connectivity index (χ3n) is 3.07. The Morgan fingerprint density at radius 2 is 1.62 bits per heavy atom. The molecule has 0 saturated heterocycles. The molecule has 0 radical (unpaired) electrons. The van der Waals surface area contributed by atoms with Crippen molar-refractivity contribution in [1.82, 2.24) is 4.90 Å². The maximum Gasteiger partial charge on any atom is 0.0955 e. The van der Waals surface area contributed by atoms with E-state index in [0.717, 1.165) is 24.1 Å². The van der Waals surface area contributed by atoms with Crippen LogP contribution in [0.15, 0.2) is 0 Å². The maximum atomic E-state index is 7.86. The Morgan fingerprint density at radius 1 is 1.15 bits per heavy atom. The van der Waals surface area contributed by atoms with Crippen molar-refractivity contribution in [3.63, 3.8) is 0 Å². The Hall–Kier alpha value is -0.530. The van der Waals surface area contributed by atoms with Crippen LogP contribution in [0.1, 0.15) is 39.0 Å². The van der Waals surface area contributed by atoms with Gasteiger partial charge in [0.2, 0.25) is 0 Å². The first kappa shape index (κ1) is 9.04. The Balaban J connectivity index is 1.80. The molecule has 13 heavy (non-hydrogen) atoms. The van der Waals surface area contributed by atoms with E-state index in [4.69, 9.17) is 5.41 Å². The highest BCUT2D eigenvalue weighted by atomic mass is 15.2. The summed E-state index contributed by atoms with van der Waals surface area (Å²) in [5, 5.41) is 7.86. The quantitative estimate of drug-likeness (QED) is 0.511. The van der Waals surface area contributed by atoms with Crippen LogP contribution in [-0.4, -0.2) is 23.8 Å². The second-order valence-corrected chi connectivity index (χ2v) is 4.59. The first-order chi connectivity index (χ1) is 6.29. The van der Waals surface area contributed by atoms with Crippen LogP contribution in [0.4, 0.5) is 0 Å². The molecule has 0 aromatic heterocycles. The molecule has 2 aliphatic rings. The summed E-state index contributed by atoms with van der Waals surface area (Å²) in [6.07, 6.45) is 6.51. The van der Waals surface area contributed by atoms with E-state index in [1.807, 2.05) is 0 Å². The summed E-state index contributed by atoms with van der Waals surface area (Å²) in [4.78, 5) is 2.33. The van der Waals surface area contributed by atoms with Crippen molar-refractivity contribution in [3.05, 3.63) is 0 Å². The molecule has 2 saturated carbocycles. The van der Waals surface area contributed by atoms with Crippen molar-refractivity contribution < 1.29 is 0 Å². The summed E-state index contributed by atoms with van der Waals surface area (Å²) in [6.45, 7) is 4.43. The van der Waals surface area contributed by atoms with Gasteiger partial charge in [-0.05, 0) is 37.5 Å². The van der Waals surface area contributed by atoms with Gasteiger partial charge in [0, 0.05) is 19.5 Å². The zero-order valence-corrected chi connectivity index (χ0v) is 8.55. The predicted molar refractivity (Wildman–Crippen MR) is 55.0 cm³/mol. The Morgan fingerprint density at radius 3 is 1.92 bits per heavy atom. The van der Waals surface area contributed by atoms with Crippen molar-refractivity contribution in [2.45, 2.75) is 39.0 Å². The van der Waals surface area contributed by atoms with Gasteiger partial charge in [0.05, 0.1) is 5.84 Å². The average molecular weight is 180 g/mol. The van der Waals surface area contributed by atoms with Gasteiger partial charge in [0.15, 0.2) is 0 Å². The van der Waals surface area contributed by atoms with Crippen LogP contribution < -0.4 is 0 Å². The first-order valence-corrected chi connectivity index (χ1v) is 5.62. The van der Waals surface area contributed by atoms with Gasteiger partial charge in [-0.25, -0.2) is 0 Å². The summed E-state index contributed by atoms with van der Waals surface area (Å²) in [7, 11) is 0. The Bertz CT molecular complexity index is 178. The second-order valence-electron chi connectivity index (χ2n) is 4.59. The number of amidine groups is 1. The second kappa shape index (κ2) is 3.69. The van der Waals surface area contributed by atoms with Gasteiger partial charge in [0.25, 0.3) is 0 Å².